The minimum absolute atomic E-state index is 0.242. The Morgan fingerprint density at radius 1 is 1.27 bits per heavy atom. The summed E-state index contributed by atoms with van der Waals surface area (Å²) < 4.78 is 29.9. The first kappa shape index (κ1) is 17.5. The Morgan fingerprint density at radius 3 is 2.96 bits per heavy atom. The highest BCUT2D eigenvalue weighted by Crippen LogP contribution is 2.30. The van der Waals surface area contributed by atoms with Gasteiger partial charge in [-0.15, -0.1) is 0 Å². The zero-order valence-electron chi connectivity index (χ0n) is 14.3. The monoisotopic (exact) mass is 390 g/mol. The largest absolute Gasteiger partial charge is 0.335 e. The fourth-order valence-electron chi connectivity index (χ4n) is 3.55. The summed E-state index contributed by atoms with van der Waals surface area (Å²) in [5.74, 6) is 1.33. The van der Waals surface area contributed by atoms with Crippen LogP contribution in [0.4, 0.5) is 0 Å². The Labute approximate surface area is 157 Å². The number of nitrogens with zero attached hydrogens (tertiary/aromatic N) is 4. The molecule has 0 spiro atoms. The van der Waals surface area contributed by atoms with Crippen molar-refractivity contribution in [2.24, 2.45) is 5.92 Å². The number of rotatable bonds is 4. The third-order valence-corrected chi connectivity index (χ3v) is 7.10. The number of aromatic nitrogens is 3. The summed E-state index contributed by atoms with van der Waals surface area (Å²) in [5.41, 5.74) is 0.504. The van der Waals surface area contributed by atoms with Gasteiger partial charge < -0.3 is 4.57 Å². The summed E-state index contributed by atoms with van der Waals surface area (Å²) in [4.78, 5) is 8.79. The van der Waals surface area contributed by atoms with Crippen LogP contribution in [0.15, 0.2) is 47.8 Å². The van der Waals surface area contributed by atoms with Crippen molar-refractivity contribution >= 4 is 32.5 Å². The average Bonchev–Trinajstić information content (AvgIpc) is 3.10. The molecule has 0 N–H and O–H groups in total. The number of hydrogen-bond donors (Lipinski definition) is 0. The molecule has 1 aromatic carbocycles. The molecule has 1 aliphatic rings. The maximum absolute atomic E-state index is 13.2. The summed E-state index contributed by atoms with van der Waals surface area (Å²) in [6, 6.07) is 6.62. The molecule has 0 bridgehead atoms. The Hall–Kier alpha value is -1.96. The van der Waals surface area contributed by atoms with E-state index in [1.54, 1.807) is 43.7 Å². The number of benzene rings is 1. The standard InChI is InChI=1S/C18H19ClN4O2S/c1-22(11-13-4-7-17-20-9-10-23(17)12-13)26(24,25)16-6-5-15(19)18-14(16)3-2-8-21-18/h2-3,5-6,8-10,13H,4,7,11-12H2,1H3/t13-/m1/s1. The molecule has 8 heteroatoms. The van der Waals surface area contributed by atoms with Crippen LogP contribution in [-0.4, -0.2) is 40.9 Å². The molecular weight excluding hydrogens is 372 g/mol. The van der Waals surface area contributed by atoms with Crippen molar-refractivity contribution in [2.75, 3.05) is 13.6 Å². The molecule has 0 saturated carbocycles. The number of aryl methyl sites for hydroxylation is 1. The zero-order chi connectivity index (χ0) is 18.3. The van der Waals surface area contributed by atoms with Gasteiger partial charge in [-0.3, -0.25) is 4.98 Å². The van der Waals surface area contributed by atoms with Crippen LogP contribution in [0, 0.1) is 5.92 Å². The molecule has 0 amide bonds. The minimum Gasteiger partial charge on any atom is -0.335 e. The Kier molecular flexibility index (Phi) is 4.46. The summed E-state index contributed by atoms with van der Waals surface area (Å²) in [7, 11) is -2.00. The quantitative estimate of drug-likeness (QED) is 0.686. The van der Waals surface area contributed by atoms with E-state index in [9.17, 15) is 8.42 Å². The second-order valence-corrected chi connectivity index (χ2v) is 9.05. The van der Waals surface area contributed by atoms with Crippen molar-refractivity contribution < 1.29 is 8.42 Å². The first-order valence-electron chi connectivity index (χ1n) is 8.46. The third kappa shape index (κ3) is 3.00. The van der Waals surface area contributed by atoms with Gasteiger partial charge in [0.15, 0.2) is 0 Å². The molecule has 0 radical (unpaired) electrons. The maximum Gasteiger partial charge on any atom is 0.243 e. The fraction of sp³-hybridized carbons (Fsp3) is 0.333. The van der Waals surface area contributed by atoms with Crippen molar-refractivity contribution in [3.8, 4) is 0 Å². The van der Waals surface area contributed by atoms with Gasteiger partial charge >= 0.3 is 0 Å². The van der Waals surface area contributed by atoms with Crippen LogP contribution in [0.5, 0.6) is 0 Å². The van der Waals surface area contributed by atoms with Crippen LogP contribution >= 0.6 is 11.6 Å². The molecule has 4 rings (SSSR count). The molecule has 0 fully saturated rings. The van der Waals surface area contributed by atoms with Crippen LogP contribution < -0.4 is 0 Å². The van der Waals surface area contributed by atoms with E-state index in [1.807, 2.05) is 6.20 Å². The lowest BCUT2D eigenvalue weighted by atomic mass is 10.00. The van der Waals surface area contributed by atoms with E-state index in [0.29, 0.717) is 22.5 Å². The van der Waals surface area contributed by atoms with Gasteiger partial charge in [0.25, 0.3) is 0 Å². The molecule has 1 aliphatic heterocycles. The van der Waals surface area contributed by atoms with Gasteiger partial charge in [-0.05, 0) is 36.6 Å². The van der Waals surface area contributed by atoms with Crippen molar-refractivity contribution in [3.05, 3.63) is 53.7 Å². The SMILES string of the molecule is CN(C[C@H]1CCc2nccn2C1)S(=O)(=O)c1ccc(Cl)c2ncccc12. The van der Waals surface area contributed by atoms with Gasteiger partial charge in [0, 0.05) is 50.5 Å². The van der Waals surface area contributed by atoms with Gasteiger partial charge in [-0.2, -0.15) is 0 Å². The van der Waals surface area contributed by atoms with E-state index in [0.717, 1.165) is 25.2 Å². The molecule has 3 aromatic rings. The first-order valence-corrected chi connectivity index (χ1v) is 10.3. The second-order valence-electron chi connectivity index (χ2n) is 6.63. The van der Waals surface area contributed by atoms with Crippen molar-refractivity contribution in [2.45, 2.75) is 24.3 Å². The van der Waals surface area contributed by atoms with Crippen molar-refractivity contribution in [1.29, 1.82) is 0 Å². The molecule has 6 nitrogen and oxygen atoms in total. The van der Waals surface area contributed by atoms with Gasteiger partial charge in [-0.1, -0.05) is 11.6 Å². The van der Waals surface area contributed by atoms with E-state index < -0.39 is 10.0 Å². The van der Waals surface area contributed by atoms with Crippen LogP contribution in [0.25, 0.3) is 10.9 Å². The lowest BCUT2D eigenvalue weighted by Crippen LogP contribution is -2.35. The summed E-state index contributed by atoms with van der Waals surface area (Å²) >= 11 is 6.17. The highest BCUT2D eigenvalue weighted by molar-refractivity contribution is 7.89. The smallest absolute Gasteiger partial charge is 0.243 e. The topological polar surface area (TPSA) is 68.1 Å². The summed E-state index contributed by atoms with van der Waals surface area (Å²) in [5, 5.41) is 0.995. The molecular formula is C18H19ClN4O2S. The number of pyridine rings is 1. The molecule has 0 saturated heterocycles. The van der Waals surface area contributed by atoms with Crippen LogP contribution in [0.2, 0.25) is 5.02 Å². The number of hydrogen-bond acceptors (Lipinski definition) is 4. The van der Waals surface area contributed by atoms with Gasteiger partial charge in [0.05, 0.1) is 15.4 Å². The summed E-state index contributed by atoms with van der Waals surface area (Å²) in [6.45, 7) is 1.25. The Morgan fingerprint density at radius 2 is 2.12 bits per heavy atom. The van der Waals surface area contributed by atoms with Gasteiger partial charge in [-0.25, -0.2) is 17.7 Å². The highest BCUT2D eigenvalue weighted by Gasteiger charge is 2.28. The van der Waals surface area contributed by atoms with E-state index in [1.165, 1.54) is 4.31 Å². The highest BCUT2D eigenvalue weighted by atomic mass is 35.5. The normalized spacial score (nSPS) is 17.6. The minimum atomic E-state index is -3.64. The van der Waals surface area contributed by atoms with Gasteiger partial charge in [0.1, 0.15) is 5.82 Å². The van der Waals surface area contributed by atoms with Gasteiger partial charge in [0.2, 0.25) is 10.0 Å². The van der Waals surface area contributed by atoms with Crippen molar-refractivity contribution in [1.82, 2.24) is 18.8 Å². The Balaban J connectivity index is 1.62. The van der Waals surface area contributed by atoms with E-state index in [2.05, 4.69) is 14.5 Å². The Bertz CT molecular complexity index is 1060. The molecule has 2 aromatic heterocycles. The molecule has 1 atom stereocenters. The number of fused-ring (bicyclic) bond motifs is 2. The molecule has 3 heterocycles. The predicted molar refractivity (Wildman–Crippen MR) is 101 cm³/mol. The lowest BCUT2D eigenvalue weighted by molar-refractivity contribution is 0.303. The van der Waals surface area contributed by atoms with Crippen molar-refractivity contribution in [3.63, 3.8) is 0 Å². The van der Waals surface area contributed by atoms with E-state index >= 15 is 0 Å². The van der Waals surface area contributed by atoms with E-state index in [4.69, 9.17) is 11.6 Å². The number of halogens is 1. The second kappa shape index (κ2) is 6.64. The maximum atomic E-state index is 13.2. The fourth-order valence-corrected chi connectivity index (χ4v) is 5.19. The van der Waals surface area contributed by atoms with Crippen LogP contribution in [0.3, 0.4) is 0 Å². The third-order valence-electron chi connectivity index (χ3n) is 4.92. The average molecular weight is 391 g/mol. The molecule has 0 unspecified atom stereocenters. The lowest BCUT2D eigenvalue weighted by Gasteiger charge is -2.28. The molecule has 26 heavy (non-hydrogen) atoms. The first-order chi connectivity index (χ1) is 12.5. The number of sulfonamides is 1. The molecule has 136 valence electrons. The van der Waals surface area contributed by atoms with Crippen LogP contribution in [-0.2, 0) is 23.0 Å². The predicted octanol–water partition coefficient (Wildman–Crippen LogP) is 2.97. The zero-order valence-corrected chi connectivity index (χ0v) is 15.9. The number of imidazole rings is 1. The van der Waals surface area contributed by atoms with Crippen LogP contribution in [0.1, 0.15) is 12.2 Å². The molecule has 0 aliphatic carbocycles. The van der Waals surface area contributed by atoms with E-state index in [-0.39, 0.29) is 10.8 Å². The summed E-state index contributed by atoms with van der Waals surface area (Å²) in [6.07, 6.45) is 7.16.